The van der Waals surface area contributed by atoms with Gasteiger partial charge in [0.2, 0.25) is 23.1 Å². The second-order valence-corrected chi connectivity index (χ2v) is 10.6. The summed E-state index contributed by atoms with van der Waals surface area (Å²) < 4.78 is 17.0. The second-order valence-electron chi connectivity index (χ2n) is 9.77. The molecule has 1 spiro atoms. The summed E-state index contributed by atoms with van der Waals surface area (Å²) in [6.45, 7) is 1.71. The Labute approximate surface area is 236 Å². The lowest BCUT2D eigenvalue weighted by Gasteiger charge is -2.42. The first-order valence-corrected chi connectivity index (χ1v) is 12.9. The van der Waals surface area contributed by atoms with Gasteiger partial charge in [0.1, 0.15) is 33.7 Å². The number of rotatable bonds is 3. The fourth-order valence-corrected chi connectivity index (χ4v) is 6.26. The first-order chi connectivity index (χ1) is 19.0. The molecule has 1 aliphatic carbocycles. The van der Waals surface area contributed by atoms with Gasteiger partial charge < -0.3 is 30.4 Å². The third-order valence-corrected chi connectivity index (χ3v) is 8.32. The lowest BCUT2D eigenvalue weighted by molar-refractivity contribution is -0.130. The predicted octanol–water partition coefficient (Wildman–Crippen LogP) is 3.82. The molecule has 0 radical (unpaired) electrons. The number of aromatic nitrogens is 2. The normalized spacial score (nSPS) is 22.8. The number of allylic oxidation sites excluding steroid dienone is 1. The van der Waals surface area contributed by atoms with Gasteiger partial charge >= 0.3 is 0 Å². The van der Waals surface area contributed by atoms with Gasteiger partial charge in [-0.25, -0.2) is 0 Å². The number of benzene rings is 2. The number of halogens is 2. The number of carbonyl (C=O) groups is 2. The Morgan fingerprint density at radius 3 is 2.52 bits per heavy atom. The standard InChI is InChI=1S/C27H22Cl2N4O7/c1-9-6-12-17(22(35)27(9)23(36)18-14(38-2)8-15(39-3)20(29)21(18)40-27)16(10-4-5-13(34)11(28)7-10)19-24(31-12)32-26(30)33-25(19)37/h4-5,7-9,16,34H,6H2,1-3H3,(H4,30,31,32,33,37). The Hall–Kier alpha value is -4.22. The molecule has 5 N–H and O–H groups in total. The number of anilines is 2. The number of nitrogens with one attached hydrogen (secondary N) is 2. The van der Waals surface area contributed by atoms with Crippen LogP contribution < -0.4 is 30.8 Å². The van der Waals surface area contributed by atoms with Crippen LogP contribution in [-0.4, -0.2) is 46.5 Å². The highest BCUT2D eigenvalue weighted by molar-refractivity contribution is 6.36. The molecule has 0 bridgehead atoms. The molecule has 40 heavy (non-hydrogen) atoms. The number of nitrogens with zero attached hydrogens (tertiary/aromatic N) is 1. The second kappa shape index (κ2) is 8.90. The number of methoxy groups -OCH3 is 2. The Balaban J connectivity index is 1.59. The lowest BCUT2D eigenvalue weighted by Crippen LogP contribution is -2.58. The van der Waals surface area contributed by atoms with Crippen molar-refractivity contribution in [1.29, 1.82) is 0 Å². The number of phenolic OH excluding ortho intramolecular Hbond substituents is 1. The van der Waals surface area contributed by atoms with Crippen LogP contribution in [0.2, 0.25) is 10.0 Å². The Bertz CT molecular complexity index is 1750. The predicted molar refractivity (Wildman–Crippen MR) is 146 cm³/mol. The van der Waals surface area contributed by atoms with E-state index in [0.29, 0.717) is 11.3 Å². The molecule has 3 heterocycles. The minimum absolute atomic E-state index is 0.00937. The number of Topliss-reactive ketones (excluding diaryl/α,β-unsaturated/α-hetero) is 2. The fraction of sp³-hybridized carbons (Fsp3) is 0.259. The maximum absolute atomic E-state index is 14.7. The highest BCUT2D eigenvalue weighted by Gasteiger charge is 2.63. The summed E-state index contributed by atoms with van der Waals surface area (Å²) in [4.78, 5) is 48.8. The molecule has 1 aromatic heterocycles. The van der Waals surface area contributed by atoms with Crippen molar-refractivity contribution >= 4 is 46.5 Å². The molecule has 0 fully saturated rings. The van der Waals surface area contributed by atoms with Crippen molar-refractivity contribution in [2.45, 2.75) is 24.9 Å². The van der Waals surface area contributed by atoms with E-state index in [1.165, 1.54) is 38.5 Å². The van der Waals surface area contributed by atoms with Crippen LogP contribution in [0.5, 0.6) is 23.0 Å². The number of aromatic amines is 1. The molecule has 3 unspecified atom stereocenters. The Kier molecular flexibility index (Phi) is 5.79. The monoisotopic (exact) mass is 584 g/mol. The molecular weight excluding hydrogens is 563 g/mol. The number of aromatic hydroxyl groups is 1. The molecule has 3 aromatic rings. The smallest absolute Gasteiger partial charge is 0.258 e. The third-order valence-electron chi connectivity index (χ3n) is 7.66. The SMILES string of the molecule is COc1cc(OC)c2c(c1Cl)OC1(C(=O)C3=C(CC1C)Nc1nc(N)[nH]c(=O)c1C3c1ccc(O)c(Cl)c1)C2=O. The third kappa shape index (κ3) is 3.37. The molecule has 2 aliphatic heterocycles. The molecule has 206 valence electrons. The number of carbonyl (C=O) groups excluding carboxylic acids is 2. The summed E-state index contributed by atoms with van der Waals surface area (Å²) in [5.74, 6) is -2.79. The average Bonchev–Trinajstić information content (AvgIpc) is 3.23. The van der Waals surface area contributed by atoms with Crippen molar-refractivity contribution in [2.24, 2.45) is 5.92 Å². The topological polar surface area (TPSA) is 166 Å². The van der Waals surface area contributed by atoms with Gasteiger partial charge in [0.05, 0.1) is 24.8 Å². The molecule has 3 atom stereocenters. The van der Waals surface area contributed by atoms with E-state index in [1.807, 2.05) is 0 Å². The van der Waals surface area contributed by atoms with E-state index in [-0.39, 0.29) is 67.9 Å². The zero-order valence-electron chi connectivity index (χ0n) is 21.3. The van der Waals surface area contributed by atoms with Crippen LogP contribution in [0.4, 0.5) is 11.8 Å². The summed E-state index contributed by atoms with van der Waals surface area (Å²) in [7, 11) is 2.79. The number of ketones is 2. The maximum Gasteiger partial charge on any atom is 0.258 e. The van der Waals surface area contributed by atoms with Crippen LogP contribution in [-0.2, 0) is 4.79 Å². The molecule has 13 heteroatoms. The van der Waals surface area contributed by atoms with Crippen molar-refractivity contribution in [3.05, 3.63) is 72.6 Å². The molecule has 6 rings (SSSR count). The van der Waals surface area contributed by atoms with Crippen molar-refractivity contribution < 1.29 is 28.9 Å². The lowest BCUT2D eigenvalue weighted by atomic mass is 9.66. The van der Waals surface area contributed by atoms with Crippen LogP contribution >= 0.6 is 23.2 Å². The average molecular weight is 585 g/mol. The molecule has 0 saturated heterocycles. The van der Waals surface area contributed by atoms with E-state index in [2.05, 4.69) is 15.3 Å². The number of nitrogen functional groups attached to an aromatic ring is 1. The molecular formula is C27H22Cl2N4O7. The van der Waals surface area contributed by atoms with Crippen molar-refractivity contribution in [2.75, 3.05) is 25.3 Å². The molecule has 2 aromatic carbocycles. The largest absolute Gasteiger partial charge is 0.506 e. The quantitative estimate of drug-likeness (QED) is 0.332. The number of nitrogens with two attached hydrogens (primary N) is 1. The highest BCUT2D eigenvalue weighted by Crippen LogP contribution is 2.56. The Morgan fingerprint density at radius 2 is 1.85 bits per heavy atom. The first-order valence-electron chi connectivity index (χ1n) is 12.1. The summed E-state index contributed by atoms with van der Waals surface area (Å²) in [5.41, 5.74) is 4.32. The van der Waals surface area contributed by atoms with Crippen LogP contribution in [0.15, 0.2) is 40.3 Å². The van der Waals surface area contributed by atoms with Crippen molar-refractivity contribution in [1.82, 2.24) is 9.97 Å². The van der Waals surface area contributed by atoms with Crippen LogP contribution in [0, 0.1) is 5.92 Å². The summed E-state index contributed by atoms with van der Waals surface area (Å²) >= 11 is 12.8. The molecule has 3 aliphatic rings. The number of ether oxygens (including phenoxy) is 3. The van der Waals surface area contributed by atoms with Crippen molar-refractivity contribution in [3.8, 4) is 23.0 Å². The summed E-state index contributed by atoms with van der Waals surface area (Å²) in [5, 5.41) is 13.2. The van der Waals surface area contributed by atoms with Gasteiger partial charge in [-0.05, 0) is 24.1 Å². The van der Waals surface area contributed by atoms with E-state index in [4.69, 9.17) is 43.1 Å². The number of hydrogen-bond acceptors (Lipinski definition) is 10. The molecule has 0 saturated carbocycles. The number of phenols is 1. The minimum Gasteiger partial charge on any atom is -0.506 e. The summed E-state index contributed by atoms with van der Waals surface area (Å²) in [6, 6.07) is 5.80. The van der Waals surface area contributed by atoms with Crippen molar-refractivity contribution in [3.63, 3.8) is 0 Å². The zero-order valence-corrected chi connectivity index (χ0v) is 22.9. The summed E-state index contributed by atoms with van der Waals surface area (Å²) in [6.07, 6.45) is 0.175. The highest BCUT2D eigenvalue weighted by atomic mass is 35.5. The van der Waals surface area contributed by atoms with E-state index in [0.717, 1.165) is 0 Å². The van der Waals surface area contributed by atoms with Gasteiger partial charge in [0.25, 0.3) is 5.56 Å². The molecule has 11 nitrogen and oxygen atoms in total. The first kappa shape index (κ1) is 26.0. The van der Waals surface area contributed by atoms with Crippen LogP contribution in [0.25, 0.3) is 0 Å². The van der Waals surface area contributed by atoms with Gasteiger partial charge in [-0.1, -0.05) is 36.2 Å². The fourth-order valence-electron chi connectivity index (χ4n) is 5.81. The van der Waals surface area contributed by atoms with E-state index in [9.17, 15) is 19.5 Å². The van der Waals surface area contributed by atoms with Crippen LogP contribution in [0.3, 0.4) is 0 Å². The zero-order chi connectivity index (χ0) is 28.7. The minimum atomic E-state index is -2.00. The molecule has 0 amide bonds. The van der Waals surface area contributed by atoms with Gasteiger partial charge in [-0.15, -0.1) is 0 Å². The van der Waals surface area contributed by atoms with E-state index >= 15 is 0 Å². The van der Waals surface area contributed by atoms with Gasteiger partial charge in [0, 0.05) is 29.2 Å². The van der Waals surface area contributed by atoms with E-state index < -0.39 is 34.6 Å². The maximum atomic E-state index is 14.7. The van der Waals surface area contributed by atoms with Gasteiger partial charge in [0.15, 0.2) is 5.75 Å². The number of H-pyrrole nitrogens is 1. The van der Waals surface area contributed by atoms with Gasteiger partial charge in [-0.3, -0.25) is 19.4 Å². The van der Waals surface area contributed by atoms with Crippen LogP contribution in [0.1, 0.15) is 40.7 Å². The van der Waals surface area contributed by atoms with Gasteiger partial charge in [-0.2, -0.15) is 4.98 Å². The Morgan fingerprint density at radius 1 is 1.12 bits per heavy atom. The van der Waals surface area contributed by atoms with E-state index in [1.54, 1.807) is 6.92 Å². The number of fused-ring (bicyclic) bond motifs is 2. The number of hydrogen-bond donors (Lipinski definition) is 4.